The quantitative estimate of drug-likeness (QED) is 0.458. The summed E-state index contributed by atoms with van der Waals surface area (Å²) in [5.41, 5.74) is 1.47. The zero-order valence-corrected chi connectivity index (χ0v) is 16.3. The van der Waals surface area contributed by atoms with Gasteiger partial charge in [0.1, 0.15) is 21.8 Å². The first kappa shape index (κ1) is 18.0. The number of para-hydroxylation sites is 1. The van der Waals surface area contributed by atoms with Crippen molar-refractivity contribution in [3.05, 3.63) is 64.6 Å². The van der Waals surface area contributed by atoms with E-state index in [4.69, 9.17) is 32.4 Å². The molecule has 138 valence electrons. The van der Waals surface area contributed by atoms with Crippen LogP contribution in [0, 0.1) is 0 Å². The van der Waals surface area contributed by atoms with E-state index >= 15 is 0 Å². The minimum Gasteiger partial charge on any atom is -0.495 e. The summed E-state index contributed by atoms with van der Waals surface area (Å²) in [6, 6.07) is 15.1. The van der Waals surface area contributed by atoms with Crippen LogP contribution in [0.4, 0.5) is 5.69 Å². The van der Waals surface area contributed by atoms with Gasteiger partial charge in [0, 0.05) is 21.9 Å². The average molecular weight is 422 g/mol. The molecule has 0 aliphatic rings. The Labute approximate surface area is 165 Å². The molecular formula is C19H13Cl2NO4S. The highest BCUT2D eigenvalue weighted by Gasteiger charge is 2.21. The maximum atomic E-state index is 12.8. The Morgan fingerprint density at radius 1 is 0.963 bits per heavy atom. The third kappa shape index (κ3) is 3.20. The van der Waals surface area contributed by atoms with Crippen LogP contribution in [-0.4, -0.2) is 15.5 Å². The van der Waals surface area contributed by atoms with Gasteiger partial charge in [-0.3, -0.25) is 4.72 Å². The van der Waals surface area contributed by atoms with E-state index in [0.29, 0.717) is 16.9 Å². The third-order valence-corrected chi connectivity index (χ3v) is 6.21. The van der Waals surface area contributed by atoms with Gasteiger partial charge in [0.2, 0.25) is 0 Å². The van der Waals surface area contributed by atoms with Gasteiger partial charge in [-0.05, 0) is 30.3 Å². The first-order valence-electron chi connectivity index (χ1n) is 7.86. The normalized spacial score (nSPS) is 11.8. The van der Waals surface area contributed by atoms with Crippen molar-refractivity contribution >= 4 is 60.9 Å². The van der Waals surface area contributed by atoms with Crippen molar-refractivity contribution in [1.82, 2.24) is 0 Å². The molecule has 0 saturated heterocycles. The van der Waals surface area contributed by atoms with E-state index in [9.17, 15) is 8.42 Å². The number of anilines is 1. The molecule has 4 aromatic rings. The van der Waals surface area contributed by atoms with Crippen molar-refractivity contribution in [2.75, 3.05) is 11.8 Å². The van der Waals surface area contributed by atoms with Crippen LogP contribution in [0.3, 0.4) is 0 Å². The van der Waals surface area contributed by atoms with Crippen LogP contribution in [0.5, 0.6) is 5.75 Å². The lowest BCUT2D eigenvalue weighted by molar-refractivity contribution is 0.417. The number of rotatable bonds is 4. The van der Waals surface area contributed by atoms with E-state index < -0.39 is 10.0 Å². The zero-order chi connectivity index (χ0) is 19.2. The molecule has 4 rings (SSSR count). The summed E-state index contributed by atoms with van der Waals surface area (Å²) in [4.78, 5) is -0.122. The van der Waals surface area contributed by atoms with Gasteiger partial charge in [-0.1, -0.05) is 41.4 Å². The Morgan fingerprint density at radius 3 is 2.52 bits per heavy atom. The number of ether oxygens (including phenoxy) is 1. The lowest BCUT2D eigenvalue weighted by atomic mass is 10.1. The zero-order valence-electron chi connectivity index (χ0n) is 14.0. The van der Waals surface area contributed by atoms with Crippen molar-refractivity contribution < 1.29 is 17.6 Å². The summed E-state index contributed by atoms with van der Waals surface area (Å²) in [5.74, 6) is 0.357. The van der Waals surface area contributed by atoms with E-state index in [1.807, 2.05) is 24.3 Å². The fourth-order valence-corrected chi connectivity index (χ4v) is 4.71. The summed E-state index contributed by atoms with van der Waals surface area (Å²) < 4.78 is 39.3. The molecule has 27 heavy (non-hydrogen) atoms. The number of benzene rings is 3. The van der Waals surface area contributed by atoms with Crippen LogP contribution >= 0.6 is 23.2 Å². The molecule has 0 aliphatic heterocycles. The van der Waals surface area contributed by atoms with Crippen LogP contribution in [0.25, 0.3) is 21.9 Å². The van der Waals surface area contributed by atoms with Gasteiger partial charge >= 0.3 is 0 Å². The highest BCUT2D eigenvalue weighted by molar-refractivity contribution is 7.92. The molecule has 0 unspecified atom stereocenters. The van der Waals surface area contributed by atoms with Crippen molar-refractivity contribution in [2.24, 2.45) is 0 Å². The summed E-state index contributed by atoms with van der Waals surface area (Å²) in [5, 5.41) is 2.07. The average Bonchev–Trinajstić information content (AvgIpc) is 3.00. The van der Waals surface area contributed by atoms with E-state index in [1.54, 1.807) is 12.1 Å². The van der Waals surface area contributed by atoms with Gasteiger partial charge in [-0.15, -0.1) is 0 Å². The van der Waals surface area contributed by atoms with Gasteiger partial charge in [0.15, 0.2) is 0 Å². The Bertz CT molecular complexity index is 1280. The Hall–Kier alpha value is -2.41. The predicted molar refractivity (Wildman–Crippen MR) is 108 cm³/mol. The first-order chi connectivity index (χ1) is 12.9. The summed E-state index contributed by atoms with van der Waals surface area (Å²) in [6.07, 6.45) is 0. The minimum atomic E-state index is -3.99. The second-order valence-corrected chi connectivity index (χ2v) is 8.32. The SMILES string of the molecule is COc1cc2c(cc1NS(=O)(=O)c1cc(Cl)ccc1Cl)oc1ccccc12. The highest BCUT2D eigenvalue weighted by Crippen LogP contribution is 2.37. The van der Waals surface area contributed by atoms with Crippen LogP contribution in [0.15, 0.2) is 63.9 Å². The lowest BCUT2D eigenvalue weighted by Gasteiger charge is -2.13. The number of sulfonamides is 1. The van der Waals surface area contributed by atoms with Gasteiger partial charge in [0.05, 0.1) is 17.8 Å². The molecular weight excluding hydrogens is 409 g/mol. The van der Waals surface area contributed by atoms with Gasteiger partial charge in [-0.2, -0.15) is 0 Å². The molecule has 0 fully saturated rings. The van der Waals surface area contributed by atoms with E-state index in [0.717, 1.165) is 10.8 Å². The number of halogens is 2. The lowest BCUT2D eigenvalue weighted by Crippen LogP contribution is -2.14. The monoisotopic (exact) mass is 421 g/mol. The number of fused-ring (bicyclic) bond motifs is 3. The molecule has 0 radical (unpaired) electrons. The molecule has 0 bridgehead atoms. The number of furan rings is 1. The molecule has 0 amide bonds. The molecule has 0 saturated carbocycles. The van der Waals surface area contributed by atoms with Crippen molar-refractivity contribution in [1.29, 1.82) is 0 Å². The molecule has 0 aliphatic carbocycles. The fourth-order valence-electron chi connectivity index (χ4n) is 2.88. The van der Waals surface area contributed by atoms with E-state index in [-0.39, 0.29) is 20.6 Å². The Kier molecular flexibility index (Phi) is 4.42. The number of nitrogens with one attached hydrogen (secondary N) is 1. The fraction of sp³-hybridized carbons (Fsp3) is 0.0526. The van der Waals surface area contributed by atoms with Crippen LogP contribution in [-0.2, 0) is 10.0 Å². The Morgan fingerprint density at radius 2 is 1.74 bits per heavy atom. The number of methoxy groups -OCH3 is 1. The molecule has 1 aromatic heterocycles. The summed E-state index contributed by atoms with van der Waals surface area (Å²) >= 11 is 12.0. The third-order valence-electron chi connectivity index (χ3n) is 4.13. The van der Waals surface area contributed by atoms with Crippen molar-refractivity contribution in [2.45, 2.75) is 4.90 Å². The van der Waals surface area contributed by atoms with Crippen molar-refractivity contribution in [3.63, 3.8) is 0 Å². The van der Waals surface area contributed by atoms with Gasteiger partial charge in [0.25, 0.3) is 10.0 Å². The maximum Gasteiger partial charge on any atom is 0.263 e. The molecule has 1 N–H and O–H groups in total. The van der Waals surface area contributed by atoms with Crippen LogP contribution < -0.4 is 9.46 Å². The molecule has 8 heteroatoms. The first-order valence-corrected chi connectivity index (χ1v) is 10.1. The topological polar surface area (TPSA) is 68.5 Å². The van der Waals surface area contributed by atoms with Gasteiger partial charge in [-0.25, -0.2) is 8.42 Å². The number of hydrogen-bond acceptors (Lipinski definition) is 4. The van der Waals surface area contributed by atoms with Crippen molar-refractivity contribution in [3.8, 4) is 5.75 Å². The predicted octanol–water partition coefficient (Wildman–Crippen LogP) is 5.70. The second kappa shape index (κ2) is 6.64. The molecule has 3 aromatic carbocycles. The van der Waals surface area contributed by atoms with E-state index in [1.165, 1.54) is 25.3 Å². The highest BCUT2D eigenvalue weighted by atomic mass is 35.5. The molecule has 0 spiro atoms. The maximum absolute atomic E-state index is 12.8. The summed E-state index contributed by atoms with van der Waals surface area (Å²) in [6.45, 7) is 0. The van der Waals surface area contributed by atoms with Crippen LogP contribution in [0.2, 0.25) is 10.0 Å². The molecule has 5 nitrogen and oxygen atoms in total. The largest absolute Gasteiger partial charge is 0.495 e. The van der Waals surface area contributed by atoms with Crippen LogP contribution in [0.1, 0.15) is 0 Å². The minimum absolute atomic E-state index is 0.0654. The molecule has 1 heterocycles. The van der Waals surface area contributed by atoms with Gasteiger partial charge < -0.3 is 9.15 Å². The Balaban J connectivity index is 1.85. The summed E-state index contributed by atoms with van der Waals surface area (Å²) in [7, 11) is -2.52. The number of hydrogen-bond donors (Lipinski definition) is 1. The van der Waals surface area contributed by atoms with E-state index in [2.05, 4.69) is 4.72 Å². The smallest absolute Gasteiger partial charge is 0.263 e. The second-order valence-electron chi connectivity index (χ2n) is 5.83. The standard InChI is InChI=1S/C19H13Cl2NO4S/c1-25-18-9-13-12-4-2-3-5-16(12)26-17(13)10-15(18)22-27(23,24)19-8-11(20)6-7-14(19)21/h2-10,22H,1H3. The molecule has 0 atom stereocenters.